The van der Waals surface area contributed by atoms with Crippen molar-refractivity contribution < 1.29 is 9.90 Å². The largest absolute Gasteiger partial charge is 0.396 e. The number of hydrogen-bond donors (Lipinski definition) is 2. The summed E-state index contributed by atoms with van der Waals surface area (Å²) in [5.41, 5.74) is -0.228. The van der Waals surface area contributed by atoms with Gasteiger partial charge >= 0.3 is 0 Å². The smallest absolute Gasteiger partial charge is 0.230 e. The third-order valence-corrected chi connectivity index (χ3v) is 5.48. The molecular formula is C15H21Cl2NO2S. The third-order valence-electron chi connectivity index (χ3n) is 3.75. The second kappa shape index (κ2) is 8.89. The van der Waals surface area contributed by atoms with Gasteiger partial charge in [-0.2, -0.15) is 0 Å². The fraction of sp³-hybridized carbons (Fsp3) is 0.533. The van der Waals surface area contributed by atoms with Gasteiger partial charge in [-0.25, -0.2) is 0 Å². The number of amides is 1. The van der Waals surface area contributed by atoms with Crippen molar-refractivity contribution in [1.29, 1.82) is 0 Å². The second-order valence-corrected chi connectivity index (χ2v) is 6.87. The predicted molar refractivity (Wildman–Crippen MR) is 90.3 cm³/mol. The number of benzene rings is 1. The van der Waals surface area contributed by atoms with Gasteiger partial charge in [-0.15, -0.1) is 11.8 Å². The van der Waals surface area contributed by atoms with Crippen LogP contribution in [0.3, 0.4) is 0 Å². The number of carbonyl (C=O) groups excluding carboxylic acids is 1. The molecule has 0 aromatic heterocycles. The minimum atomic E-state index is -0.228. The summed E-state index contributed by atoms with van der Waals surface area (Å²) in [5, 5.41) is 13.5. The van der Waals surface area contributed by atoms with E-state index in [-0.39, 0.29) is 23.7 Å². The highest BCUT2D eigenvalue weighted by Crippen LogP contribution is 2.30. The van der Waals surface area contributed by atoms with Crippen molar-refractivity contribution in [3.63, 3.8) is 0 Å². The fourth-order valence-electron chi connectivity index (χ4n) is 1.85. The maximum absolute atomic E-state index is 11.9. The molecule has 118 valence electrons. The molecule has 3 nitrogen and oxygen atoms in total. The number of nitrogens with one attached hydrogen (secondary N) is 1. The normalized spacial score (nSPS) is 11.5. The van der Waals surface area contributed by atoms with E-state index in [1.54, 1.807) is 18.2 Å². The molecule has 1 amide bonds. The van der Waals surface area contributed by atoms with Crippen LogP contribution in [0, 0.1) is 5.41 Å². The SMILES string of the molecule is CCC(CC)(CO)CNC(=O)CSc1cc(Cl)ccc1Cl. The first kappa shape index (κ1) is 18.6. The highest BCUT2D eigenvalue weighted by molar-refractivity contribution is 8.00. The summed E-state index contributed by atoms with van der Waals surface area (Å²) in [4.78, 5) is 12.7. The lowest BCUT2D eigenvalue weighted by Gasteiger charge is -2.29. The molecule has 6 heteroatoms. The van der Waals surface area contributed by atoms with Crippen molar-refractivity contribution in [2.75, 3.05) is 18.9 Å². The van der Waals surface area contributed by atoms with Gasteiger partial charge in [0.05, 0.1) is 17.4 Å². The zero-order valence-electron chi connectivity index (χ0n) is 12.3. The molecule has 0 heterocycles. The van der Waals surface area contributed by atoms with E-state index in [0.717, 1.165) is 17.7 Å². The number of halogens is 2. The van der Waals surface area contributed by atoms with E-state index in [2.05, 4.69) is 5.32 Å². The van der Waals surface area contributed by atoms with Crippen molar-refractivity contribution in [3.8, 4) is 0 Å². The monoisotopic (exact) mass is 349 g/mol. The van der Waals surface area contributed by atoms with Crippen LogP contribution < -0.4 is 5.32 Å². The topological polar surface area (TPSA) is 49.3 Å². The van der Waals surface area contributed by atoms with Crippen LogP contribution in [-0.4, -0.2) is 29.9 Å². The Morgan fingerprint density at radius 3 is 2.57 bits per heavy atom. The number of carbonyl (C=O) groups is 1. The molecule has 0 fully saturated rings. The minimum absolute atomic E-state index is 0.0734. The predicted octanol–water partition coefficient (Wildman–Crippen LogP) is 4.00. The summed E-state index contributed by atoms with van der Waals surface area (Å²) in [6, 6.07) is 5.18. The maximum Gasteiger partial charge on any atom is 0.230 e. The first-order chi connectivity index (χ1) is 9.96. The van der Waals surface area contributed by atoms with E-state index in [4.69, 9.17) is 23.2 Å². The van der Waals surface area contributed by atoms with Gasteiger partial charge in [0.25, 0.3) is 0 Å². The van der Waals surface area contributed by atoms with Crippen molar-refractivity contribution in [2.45, 2.75) is 31.6 Å². The van der Waals surface area contributed by atoms with Crippen molar-refractivity contribution >= 4 is 40.9 Å². The minimum Gasteiger partial charge on any atom is -0.396 e. The quantitative estimate of drug-likeness (QED) is 0.697. The first-order valence-corrected chi connectivity index (χ1v) is 8.66. The van der Waals surface area contributed by atoms with Gasteiger partial charge in [0.2, 0.25) is 5.91 Å². The Balaban J connectivity index is 2.49. The summed E-state index contributed by atoms with van der Waals surface area (Å²) in [6.45, 7) is 4.60. The van der Waals surface area contributed by atoms with Gasteiger partial charge < -0.3 is 10.4 Å². The van der Waals surface area contributed by atoms with Gasteiger partial charge in [-0.1, -0.05) is 37.0 Å². The standard InChI is InChI=1S/C15H21Cl2NO2S/c1-3-15(4-2,10-19)9-18-14(20)8-21-13-7-11(16)5-6-12(13)17/h5-7,19H,3-4,8-10H2,1-2H3,(H,18,20). The summed E-state index contributed by atoms with van der Waals surface area (Å²) in [6.07, 6.45) is 1.65. The molecule has 0 saturated carbocycles. The van der Waals surface area contributed by atoms with Crippen LogP contribution in [0.25, 0.3) is 0 Å². The molecule has 0 aliphatic carbocycles. The van der Waals surface area contributed by atoms with E-state index in [9.17, 15) is 9.90 Å². The number of thioether (sulfide) groups is 1. The Bertz CT molecular complexity index is 470. The molecule has 2 N–H and O–H groups in total. The van der Waals surface area contributed by atoms with Gasteiger partial charge in [-0.3, -0.25) is 4.79 Å². The van der Waals surface area contributed by atoms with Crippen LogP contribution in [0.5, 0.6) is 0 Å². The van der Waals surface area contributed by atoms with Gasteiger partial charge in [0, 0.05) is 21.9 Å². The lowest BCUT2D eigenvalue weighted by atomic mass is 9.83. The van der Waals surface area contributed by atoms with Crippen LogP contribution in [0.2, 0.25) is 10.0 Å². The number of aliphatic hydroxyl groups excluding tert-OH is 1. The van der Waals surface area contributed by atoms with E-state index in [1.165, 1.54) is 11.8 Å². The van der Waals surface area contributed by atoms with Gasteiger partial charge in [-0.05, 0) is 31.0 Å². The highest BCUT2D eigenvalue weighted by atomic mass is 35.5. The number of rotatable bonds is 8. The lowest BCUT2D eigenvalue weighted by molar-refractivity contribution is -0.119. The van der Waals surface area contributed by atoms with Gasteiger partial charge in [0.1, 0.15) is 0 Å². The summed E-state index contributed by atoms with van der Waals surface area (Å²) >= 11 is 13.3. The van der Waals surface area contributed by atoms with E-state index >= 15 is 0 Å². The van der Waals surface area contributed by atoms with Gasteiger partial charge in [0.15, 0.2) is 0 Å². The molecule has 0 radical (unpaired) electrons. The maximum atomic E-state index is 11.9. The number of aliphatic hydroxyl groups is 1. The molecule has 0 spiro atoms. The summed E-state index contributed by atoms with van der Waals surface area (Å²) < 4.78 is 0. The summed E-state index contributed by atoms with van der Waals surface area (Å²) in [5.74, 6) is 0.199. The van der Waals surface area contributed by atoms with E-state index in [1.807, 2.05) is 13.8 Å². The third kappa shape index (κ3) is 5.70. The van der Waals surface area contributed by atoms with Crippen LogP contribution in [0.4, 0.5) is 0 Å². The first-order valence-electron chi connectivity index (χ1n) is 6.91. The zero-order chi connectivity index (χ0) is 15.9. The molecular weight excluding hydrogens is 329 g/mol. The molecule has 1 aromatic carbocycles. The van der Waals surface area contributed by atoms with Crippen LogP contribution >= 0.6 is 35.0 Å². The Morgan fingerprint density at radius 1 is 1.33 bits per heavy atom. The number of hydrogen-bond acceptors (Lipinski definition) is 3. The Labute approximate surface area is 140 Å². The van der Waals surface area contributed by atoms with Crippen molar-refractivity contribution in [1.82, 2.24) is 5.32 Å². The van der Waals surface area contributed by atoms with E-state index < -0.39 is 0 Å². The lowest BCUT2D eigenvalue weighted by Crippen LogP contribution is -2.40. The average molecular weight is 350 g/mol. The molecule has 0 aliphatic rings. The highest BCUT2D eigenvalue weighted by Gasteiger charge is 2.25. The molecule has 21 heavy (non-hydrogen) atoms. The summed E-state index contributed by atoms with van der Waals surface area (Å²) in [7, 11) is 0. The van der Waals surface area contributed by atoms with Crippen molar-refractivity contribution in [2.24, 2.45) is 5.41 Å². The fourth-order valence-corrected chi connectivity index (χ4v) is 3.17. The molecule has 0 unspecified atom stereocenters. The molecule has 0 bridgehead atoms. The Morgan fingerprint density at radius 2 is 2.00 bits per heavy atom. The molecule has 1 aromatic rings. The average Bonchev–Trinajstić information content (AvgIpc) is 2.50. The van der Waals surface area contributed by atoms with E-state index in [0.29, 0.717) is 16.6 Å². The Kier molecular flexibility index (Phi) is 7.88. The molecule has 1 rings (SSSR count). The molecule has 0 saturated heterocycles. The zero-order valence-corrected chi connectivity index (χ0v) is 14.6. The van der Waals surface area contributed by atoms with Crippen LogP contribution in [0.1, 0.15) is 26.7 Å². The van der Waals surface area contributed by atoms with Crippen LogP contribution in [-0.2, 0) is 4.79 Å². The van der Waals surface area contributed by atoms with Crippen molar-refractivity contribution in [3.05, 3.63) is 28.2 Å². The Hall–Kier alpha value is -0.420. The molecule has 0 aliphatic heterocycles. The second-order valence-electron chi connectivity index (χ2n) is 5.01. The molecule has 0 atom stereocenters. The van der Waals surface area contributed by atoms with Crippen LogP contribution in [0.15, 0.2) is 23.1 Å².